The molecule has 0 bridgehead atoms. The molecular weight excluding hydrogens is 254 g/mol. The van der Waals surface area contributed by atoms with Crippen LogP contribution >= 0.6 is 0 Å². The number of rotatable bonds is 0. The van der Waals surface area contributed by atoms with Crippen molar-refractivity contribution in [2.24, 2.45) is 0 Å². The molecule has 0 fully saturated rings. The van der Waals surface area contributed by atoms with Gasteiger partial charge in [0.15, 0.2) is 23.0 Å². The van der Waals surface area contributed by atoms with Gasteiger partial charge in [-0.1, -0.05) is 0 Å². The van der Waals surface area contributed by atoms with Crippen molar-refractivity contribution in [2.75, 3.05) is 5.06 Å². The smallest absolute Gasteiger partial charge is 0.161 e. The number of nitrogens with zero attached hydrogens (tertiary/aromatic N) is 1. The number of phenolic OH excluding ortho intramolecular Hbond substituents is 2. The third kappa shape index (κ3) is 1.63. The highest BCUT2D eigenvalue weighted by Crippen LogP contribution is 2.43. The SMILES string of the molecule is OC1=CC2Oc3cc(O)c(O)cc3N(O)C2C=C1O. The van der Waals surface area contributed by atoms with Gasteiger partial charge in [0.25, 0.3) is 0 Å². The Labute approximate surface area is 107 Å². The number of benzene rings is 1. The molecule has 2 atom stereocenters. The molecule has 1 aromatic carbocycles. The highest BCUT2D eigenvalue weighted by atomic mass is 16.5. The van der Waals surface area contributed by atoms with Gasteiger partial charge in [0.1, 0.15) is 23.6 Å². The standard InChI is InChI=1S/C12H11NO6/c14-7-1-5-11(3-9(7)16)19-12-4-10(17)8(15)2-6(12)13(5)18/h1-5,11,14-18H. The largest absolute Gasteiger partial charge is 0.504 e. The Kier molecular flexibility index (Phi) is 2.26. The first-order chi connectivity index (χ1) is 8.97. The van der Waals surface area contributed by atoms with E-state index in [2.05, 4.69) is 0 Å². The summed E-state index contributed by atoms with van der Waals surface area (Å²) in [6, 6.07) is 1.56. The van der Waals surface area contributed by atoms with Gasteiger partial charge in [-0.15, -0.1) is 0 Å². The van der Waals surface area contributed by atoms with Gasteiger partial charge in [0.05, 0.1) is 0 Å². The van der Waals surface area contributed by atoms with Crippen LogP contribution in [0.1, 0.15) is 0 Å². The molecule has 100 valence electrons. The van der Waals surface area contributed by atoms with Crippen LogP contribution in [-0.4, -0.2) is 37.8 Å². The van der Waals surface area contributed by atoms with E-state index in [4.69, 9.17) is 4.74 Å². The van der Waals surface area contributed by atoms with E-state index in [0.717, 1.165) is 17.2 Å². The van der Waals surface area contributed by atoms with Crippen LogP contribution in [-0.2, 0) is 0 Å². The summed E-state index contributed by atoms with van der Waals surface area (Å²) in [5.74, 6) is -1.34. The van der Waals surface area contributed by atoms with Crippen molar-refractivity contribution >= 4 is 5.69 Å². The van der Waals surface area contributed by atoms with E-state index in [1.165, 1.54) is 12.2 Å². The van der Waals surface area contributed by atoms with Crippen molar-refractivity contribution in [3.63, 3.8) is 0 Å². The average Bonchev–Trinajstić information content (AvgIpc) is 2.35. The van der Waals surface area contributed by atoms with Gasteiger partial charge < -0.3 is 25.2 Å². The maximum atomic E-state index is 10.1. The first-order valence-electron chi connectivity index (χ1n) is 5.50. The number of aliphatic hydroxyl groups excluding tert-OH is 2. The second-order valence-corrected chi connectivity index (χ2v) is 4.33. The molecule has 0 amide bonds. The zero-order valence-electron chi connectivity index (χ0n) is 9.56. The first-order valence-corrected chi connectivity index (χ1v) is 5.50. The zero-order chi connectivity index (χ0) is 13.7. The molecule has 2 unspecified atom stereocenters. The maximum absolute atomic E-state index is 10.1. The van der Waals surface area contributed by atoms with E-state index in [-0.39, 0.29) is 28.7 Å². The Hall–Kier alpha value is -2.54. The number of fused-ring (bicyclic) bond motifs is 2. The molecule has 5 N–H and O–H groups in total. The quantitative estimate of drug-likeness (QED) is 0.449. The topological polar surface area (TPSA) is 114 Å². The van der Waals surface area contributed by atoms with Crippen molar-refractivity contribution in [3.05, 3.63) is 35.8 Å². The van der Waals surface area contributed by atoms with Gasteiger partial charge in [0.2, 0.25) is 0 Å². The van der Waals surface area contributed by atoms with Gasteiger partial charge in [0, 0.05) is 18.2 Å². The molecule has 0 saturated carbocycles. The van der Waals surface area contributed by atoms with Gasteiger partial charge in [-0.05, 0) is 6.08 Å². The predicted molar refractivity (Wildman–Crippen MR) is 63.7 cm³/mol. The average molecular weight is 265 g/mol. The number of anilines is 1. The summed E-state index contributed by atoms with van der Waals surface area (Å²) >= 11 is 0. The Balaban J connectivity index is 2.09. The van der Waals surface area contributed by atoms with Crippen molar-refractivity contribution in [1.29, 1.82) is 0 Å². The lowest BCUT2D eigenvalue weighted by Crippen LogP contribution is -2.47. The van der Waals surface area contributed by atoms with Crippen LogP contribution < -0.4 is 9.80 Å². The van der Waals surface area contributed by atoms with Crippen LogP contribution in [0.15, 0.2) is 35.8 Å². The summed E-state index contributed by atoms with van der Waals surface area (Å²) in [5, 5.41) is 48.6. The molecule has 1 aromatic rings. The Morgan fingerprint density at radius 3 is 2.32 bits per heavy atom. The summed E-state index contributed by atoms with van der Waals surface area (Å²) in [7, 11) is 0. The molecule has 7 nitrogen and oxygen atoms in total. The number of aliphatic hydroxyl groups is 2. The molecule has 0 saturated heterocycles. The van der Waals surface area contributed by atoms with Gasteiger partial charge in [-0.3, -0.25) is 5.21 Å². The number of aromatic hydroxyl groups is 2. The van der Waals surface area contributed by atoms with Crippen LogP contribution in [0, 0.1) is 0 Å². The van der Waals surface area contributed by atoms with Crippen molar-refractivity contribution in [3.8, 4) is 17.2 Å². The predicted octanol–water partition coefficient (Wildman–Crippen LogP) is 1.32. The highest BCUT2D eigenvalue weighted by molar-refractivity contribution is 5.67. The minimum Gasteiger partial charge on any atom is -0.504 e. The Morgan fingerprint density at radius 2 is 1.58 bits per heavy atom. The zero-order valence-corrected chi connectivity index (χ0v) is 9.56. The van der Waals surface area contributed by atoms with Gasteiger partial charge >= 0.3 is 0 Å². The second-order valence-electron chi connectivity index (χ2n) is 4.33. The molecule has 1 aliphatic carbocycles. The normalized spacial score (nSPS) is 24.8. The third-order valence-electron chi connectivity index (χ3n) is 3.10. The monoisotopic (exact) mass is 265 g/mol. The number of hydroxylamine groups is 1. The fourth-order valence-corrected chi connectivity index (χ4v) is 2.12. The minimum absolute atomic E-state index is 0.149. The van der Waals surface area contributed by atoms with E-state index in [1.807, 2.05) is 0 Å². The summed E-state index contributed by atoms with van der Waals surface area (Å²) in [5.41, 5.74) is 0.149. The fraction of sp³-hybridized carbons (Fsp3) is 0.167. The lowest BCUT2D eigenvalue weighted by molar-refractivity contribution is 0.120. The number of ether oxygens (including phenoxy) is 1. The lowest BCUT2D eigenvalue weighted by Gasteiger charge is -2.38. The molecule has 3 rings (SSSR count). The van der Waals surface area contributed by atoms with Gasteiger partial charge in [-0.25, -0.2) is 5.06 Å². The van der Waals surface area contributed by atoms with Crippen LogP contribution in [0.25, 0.3) is 0 Å². The lowest BCUT2D eigenvalue weighted by atomic mass is 10.00. The maximum Gasteiger partial charge on any atom is 0.161 e. The van der Waals surface area contributed by atoms with Crippen molar-refractivity contribution < 1.29 is 30.4 Å². The number of hydrogen-bond donors (Lipinski definition) is 5. The molecular formula is C12H11NO6. The molecule has 1 heterocycles. The molecule has 0 aromatic heterocycles. The number of hydrogen-bond acceptors (Lipinski definition) is 7. The molecule has 2 aliphatic rings. The third-order valence-corrected chi connectivity index (χ3v) is 3.10. The van der Waals surface area contributed by atoms with Crippen molar-refractivity contribution in [2.45, 2.75) is 12.1 Å². The van der Waals surface area contributed by atoms with Crippen LogP contribution in [0.3, 0.4) is 0 Å². The summed E-state index contributed by atoms with van der Waals surface area (Å²) < 4.78 is 5.50. The first kappa shape index (κ1) is 11.5. The molecule has 7 heteroatoms. The minimum atomic E-state index is -0.743. The van der Waals surface area contributed by atoms with Crippen molar-refractivity contribution in [1.82, 2.24) is 0 Å². The van der Waals surface area contributed by atoms with E-state index in [1.54, 1.807) is 0 Å². The number of phenols is 2. The van der Waals surface area contributed by atoms with Crippen LogP contribution in [0.5, 0.6) is 17.2 Å². The van der Waals surface area contributed by atoms with E-state index < -0.39 is 17.9 Å². The van der Waals surface area contributed by atoms with E-state index in [0.29, 0.717) is 0 Å². The molecule has 1 aliphatic heterocycles. The molecule has 19 heavy (non-hydrogen) atoms. The summed E-state index contributed by atoms with van der Waals surface area (Å²) in [6.45, 7) is 0. The van der Waals surface area contributed by atoms with Crippen LogP contribution in [0.2, 0.25) is 0 Å². The molecule has 0 spiro atoms. The highest BCUT2D eigenvalue weighted by Gasteiger charge is 2.37. The second kappa shape index (κ2) is 3.72. The summed E-state index contributed by atoms with van der Waals surface area (Å²) in [4.78, 5) is 0. The van der Waals surface area contributed by atoms with E-state index >= 15 is 0 Å². The fourth-order valence-electron chi connectivity index (χ4n) is 2.12. The Morgan fingerprint density at radius 1 is 0.947 bits per heavy atom. The van der Waals surface area contributed by atoms with E-state index in [9.17, 15) is 25.6 Å². The molecule has 0 radical (unpaired) electrons. The van der Waals surface area contributed by atoms with Crippen LogP contribution in [0.4, 0.5) is 5.69 Å². The summed E-state index contributed by atoms with van der Waals surface area (Å²) in [6.07, 6.45) is 1.75. The van der Waals surface area contributed by atoms with Gasteiger partial charge in [-0.2, -0.15) is 0 Å². The Bertz CT molecular complexity index is 608.